The van der Waals surface area contributed by atoms with E-state index in [0.29, 0.717) is 13.0 Å². The van der Waals surface area contributed by atoms with Gasteiger partial charge in [-0.15, -0.1) is 11.3 Å². The molecule has 0 radical (unpaired) electrons. The summed E-state index contributed by atoms with van der Waals surface area (Å²) in [5.74, 6) is 0.697. The van der Waals surface area contributed by atoms with Crippen LogP contribution >= 0.6 is 11.3 Å². The predicted octanol–water partition coefficient (Wildman–Crippen LogP) is 4.12. The molecule has 4 heterocycles. The van der Waals surface area contributed by atoms with Gasteiger partial charge in [0.05, 0.1) is 19.7 Å². The Morgan fingerprint density at radius 3 is 2.79 bits per heavy atom. The number of amides is 2. The standard InChI is InChI=1S/C26H23N3O3S/c1-32-17-7-4-6-16(12-17)25-24-20(19-9-2-3-10-21(19)27-24)13-22-26(31)28(15-23(30)29(22)25)14-18-8-5-11-33-18/h2-12,22,25,27H,13-15H2,1H3. The van der Waals surface area contributed by atoms with E-state index in [0.717, 1.165) is 38.4 Å². The van der Waals surface area contributed by atoms with Crippen molar-refractivity contribution in [3.05, 3.63) is 87.7 Å². The fraction of sp³-hybridized carbons (Fsp3) is 0.231. The third-order valence-corrected chi connectivity index (χ3v) is 7.54. The molecule has 0 spiro atoms. The number of piperazine rings is 1. The fourth-order valence-electron chi connectivity index (χ4n) is 5.21. The summed E-state index contributed by atoms with van der Waals surface area (Å²) in [7, 11) is 1.63. The summed E-state index contributed by atoms with van der Waals surface area (Å²) in [4.78, 5) is 35.4. The average Bonchev–Trinajstić information content (AvgIpc) is 3.48. The molecule has 2 aromatic heterocycles. The SMILES string of the molecule is COc1cccc(C2c3[nH]c4ccccc4c3CC3C(=O)N(Cc4cccs4)CC(=O)N32)c1. The van der Waals surface area contributed by atoms with Crippen molar-refractivity contribution in [3.8, 4) is 5.75 Å². The second-order valence-electron chi connectivity index (χ2n) is 8.54. The molecular formula is C26H23N3O3S. The number of hydrogen-bond acceptors (Lipinski definition) is 4. The van der Waals surface area contributed by atoms with E-state index in [9.17, 15) is 9.59 Å². The number of fused-ring (bicyclic) bond motifs is 4. The molecule has 2 aliphatic heterocycles. The Kier molecular flexibility index (Phi) is 4.73. The molecule has 33 heavy (non-hydrogen) atoms. The number of carbonyl (C=O) groups is 2. The maximum atomic E-state index is 13.7. The molecule has 1 N–H and O–H groups in total. The van der Waals surface area contributed by atoms with Gasteiger partial charge < -0.3 is 19.5 Å². The molecule has 2 unspecified atom stereocenters. The van der Waals surface area contributed by atoms with Crippen molar-refractivity contribution in [2.24, 2.45) is 0 Å². The minimum atomic E-state index is -0.533. The van der Waals surface area contributed by atoms with Crippen molar-refractivity contribution in [1.82, 2.24) is 14.8 Å². The van der Waals surface area contributed by atoms with Gasteiger partial charge >= 0.3 is 0 Å². The second kappa shape index (κ2) is 7.78. The number of rotatable bonds is 4. The van der Waals surface area contributed by atoms with Crippen LogP contribution in [0.1, 0.15) is 27.7 Å². The van der Waals surface area contributed by atoms with Crippen LogP contribution in [0, 0.1) is 0 Å². The first-order valence-corrected chi connectivity index (χ1v) is 11.9. The molecule has 1 fully saturated rings. The number of H-pyrrole nitrogens is 1. The fourth-order valence-corrected chi connectivity index (χ4v) is 5.93. The van der Waals surface area contributed by atoms with Gasteiger partial charge in [-0.2, -0.15) is 0 Å². The summed E-state index contributed by atoms with van der Waals surface area (Å²) in [6.07, 6.45) is 0.505. The number of nitrogens with zero attached hydrogens (tertiary/aromatic N) is 2. The number of carbonyl (C=O) groups excluding carboxylic acids is 2. The lowest BCUT2D eigenvalue weighted by atomic mass is 9.86. The Labute approximate surface area is 195 Å². The van der Waals surface area contributed by atoms with Crippen LogP contribution < -0.4 is 4.74 Å². The minimum absolute atomic E-state index is 0.00632. The Hall–Kier alpha value is -3.58. The van der Waals surface area contributed by atoms with Crippen LogP contribution in [0.15, 0.2) is 66.0 Å². The average molecular weight is 458 g/mol. The molecule has 2 aliphatic rings. The van der Waals surface area contributed by atoms with Gasteiger partial charge in [-0.25, -0.2) is 0 Å². The summed E-state index contributed by atoms with van der Waals surface area (Å²) >= 11 is 1.60. The first-order chi connectivity index (χ1) is 16.1. The monoisotopic (exact) mass is 457 g/mol. The molecule has 6 rings (SSSR count). The van der Waals surface area contributed by atoms with Crippen LogP contribution in [0.4, 0.5) is 0 Å². The largest absolute Gasteiger partial charge is 0.497 e. The predicted molar refractivity (Wildman–Crippen MR) is 127 cm³/mol. The van der Waals surface area contributed by atoms with E-state index < -0.39 is 6.04 Å². The summed E-state index contributed by atoms with van der Waals surface area (Å²) in [5.41, 5.74) is 4.04. The molecule has 4 aromatic rings. The first-order valence-electron chi connectivity index (χ1n) is 11.0. The van der Waals surface area contributed by atoms with Gasteiger partial charge in [0.15, 0.2) is 0 Å². The zero-order valence-corrected chi connectivity index (χ0v) is 19.0. The molecule has 2 aromatic carbocycles. The molecule has 6 nitrogen and oxygen atoms in total. The van der Waals surface area contributed by atoms with Crippen molar-refractivity contribution in [3.63, 3.8) is 0 Å². The van der Waals surface area contributed by atoms with Crippen molar-refractivity contribution < 1.29 is 14.3 Å². The molecule has 0 bridgehead atoms. The van der Waals surface area contributed by atoms with Crippen LogP contribution in [-0.2, 0) is 22.6 Å². The topological polar surface area (TPSA) is 65.6 Å². The van der Waals surface area contributed by atoms with E-state index >= 15 is 0 Å². The summed E-state index contributed by atoms with van der Waals surface area (Å²) < 4.78 is 5.46. The van der Waals surface area contributed by atoms with E-state index in [2.05, 4.69) is 11.1 Å². The molecule has 2 atom stereocenters. The number of hydrogen-bond donors (Lipinski definition) is 1. The van der Waals surface area contributed by atoms with Gasteiger partial charge in [-0.1, -0.05) is 36.4 Å². The van der Waals surface area contributed by atoms with Crippen LogP contribution in [0.5, 0.6) is 5.75 Å². The summed E-state index contributed by atoms with van der Waals surface area (Å²) in [6, 6.07) is 19.0. The van der Waals surface area contributed by atoms with E-state index in [1.54, 1.807) is 28.2 Å². The zero-order valence-electron chi connectivity index (χ0n) is 18.2. The Morgan fingerprint density at radius 2 is 1.97 bits per heavy atom. The number of nitrogens with one attached hydrogen (secondary N) is 1. The first kappa shape index (κ1) is 20.1. The lowest BCUT2D eigenvalue weighted by molar-refractivity contribution is -0.159. The highest BCUT2D eigenvalue weighted by molar-refractivity contribution is 7.09. The maximum Gasteiger partial charge on any atom is 0.246 e. The molecule has 0 aliphatic carbocycles. The van der Waals surface area contributed by atoms with E-state index in [1.807, 2.05) is 60.0 Å². The van der Waals surface area contributed by atoms with Crippen LogP contribution in [0.2, 0.25) is 0 Å². The van der Waals surface area contributed by atoms with Crippen LogP contribution in [0.25, 0.3) is 10.9 Å². The molecular weight excluding hydrogens is 434 g/mol. The van der Waals surface area contributed by atoms with Crippen molar-refractivity contribution in [1.29, 1.82) is 0 Å². The third-order valence-electron chi connectivity index (χ3n) is 6.68. The third kappa shape index (κ3) is 3.23. The molecule has 0 saturated carbocycles. The number of thiophene rings is 1. The Morgan fingerprint density at radius 1 is 1.09 bits per heavy atom. The van der Waals surface area contributed by atoms with E-state index in [1.165, 1.54) is 0 Å². The van der Waals surface area contributed by atoms with Crippen molar-refractivity contribution >= 4 is 34.1 Å². The molecule has 7 heteroatoms. The quantitative estimate of drug-likeness (QED) is 0.501. The van der Waals surface area contributed by atoms with Gasteiger partial charge in [-0.3, -0.25) is 9.59 Å². The maximum absolute atomic E-state index is 13.7. The Balaban J connectivity index is 1.49. The van der Waals surface area contributed by atoms with E-state index in [-0.39, 0.29) is 24.4 Å². The number of methoxy groups -OCH3 is 1. The molecule has 2 amide bonds. The lowest BCUT2D eigenvalue weighted by Crippen LogP contribution is -2.62. The number of aromatic nitrogens is 1. The van der Waals surface area contributed by atoms with E-state index in [4.69, 9.17) is 4.74 Å². The van der Waals surface area contributed by atoms with Gasteiger partial charge in [-0.05, 0) is 40.8 Å². The van der Waals surface area contributed by atoms with Gasteiger partial charge in [0, 0.05) is 27.9 Å². The summed E-state index contributed by atoms with van der Waals surface area (Å²) in [5, 5.41) is 3.10. The highest BCUT2D eigenvalue weighted by Gasteiger charge is 2.48. The minimum Gasteiger partial charge on any atom is -0.497 e. The summed E-state index contributed by atoms with van der Waals surface area (Å²) in [6.45, 7) is 0.556. The van der Waals surface area contributed by atoms with Gasteiger partial charge in [0.1, 0.15) is 18.3 Å². The van der Waals surface area contributed by atoms with Crippen molar-refractivity contribution in [2.45, 2.75) is 25.0 Å². The van der Waals surface area contributed by atoms with Gasteiger partial charge in [0.2, 0.25) is 11.8 Å². The molecule has 166 valence electrons. The second-order valence-corrected chi connectivity index (χ2v) is 9.57. The lowest BCUT2D eigenvalue weighted by Gasteiger charge is -2.47. The number of ether oxygens (including phenoxy) is 1. The number of benzene rings is 2. The van der Waals surface area contributed by atoms with Crippen molar-refractivity contribution in [2.75, 3.05) is 13.7 Å². The van der Waals surface area contributed by atoms with Crippen LogP contribution in [0.3, 0.4) is 0 Å². The smallest absolute Gasteiger partial charge is 0.246 e. The Bertz CT molecular complexity index is 1360. The number of para-hydroxylation sites is 1. The van der Waals surface area contributed by atoms with Gasteiger partial charge in [0.25, 0.3) is 0 Å². The normalized spacial score (nSPS) is 20.2. The van der Waals surface area contributed by atoms with Crippen LogP contribution in [-0.4, -0.2) is 46.3 Å². The molecule has 1 saturated heterocycles. The highest BCUT2D eigenvalue weighted by atomic mass is 32.1. The zero-order chi connectivity index (χ0) is 22.5. The highest BCUT2D eigenvalue weighted by Crippen LogP contribution is 2.43. The number of aromatic amines is 1.